The van der Waals surface area contributed by atoms with Crippen LogP contribution in [0.3, 0.4) is 0 Å². The van der Waals surface area contributed by atoms with Gasteiger partial charge >= 0.3 is 0 Å². The highest BCUT2D eigenvalue weighted by molar-refractivity contribution is 5.62. The second-order valence-corrected chi connectivity index (χ2v) is 7.87. The third-order valence-corrected chi connectivity index (χ3v) is 7.07. The number of hydrogen-bond donors (Lipinski definition) is 1. The molecule has 4 aliphatic rings. The fourth-order valence-corrected chi connectivity index (χ4v) is 6.10. The summed E-state index contributed by atoms with van der Waals surface area (Å²) in [5.74, 6) is 1.30. The maximum Gasteiger partial charge on any atom is 0.166 e. The molecule has 0 amide bonds. The van der Waals surface area contributed by atoms with Crippen molar-refractivity contribution < 1.29 is 19.0 Å². The lowest BCUT2D eigenvalue weighted by Gasteiger charge is -2.63. The zero-order chi connectivity index (χ0) is 17.4. The summed E-state index contributed by atoms with van der Waals surface area (Å²) in [5, 5.41) is 11.9. The number of hydrogen-bond acceptors (Lipinski definition) is 4. The number of piperidine rings is 1. The van der Waals surface area contributed by atoms with Crippen molar-refractivity contribution >= 4 is 0 Å². The molecule has 1 saturated carbocycles. The van der Waals surface area contributed by atoms with Crippen LogP contribution in [-0.2, 0) is 11.8 Å². The molecule has 1 spiro atoms. The van der Waals surface area contributed by atoms with Gasteiger partial charge in [-0.1, -0.05) is 12.1 Å². The molecule has 1 aromatic carbocycles. The lowest BCUT2D eigenvalue weighted by Crippen LogP contribution is -2.76. The minimum atomic E-state index is -1.06. The van der Waals surface area contributed by atoms with Crippen molar-refractivity contribution in [1.29, 1.82) is 0 Å². The molecule has 25 heavy (non-hydrogen) atoms. The monoisotopic (exact) mass is 345 g/mol. The molecular weight excluding hydrogens is 321 g/mol. The first-order valence-electron chi connectivity index (χ1n) is 9.15. The molecule has 5 atom stereocenters. The van der Waals surface area contributed by atoms with Crippen molar-refractivity contribution in [1.82, 2.24) is 4.90 Å². The number of likely N-dealkylation sites (tertiary alicyclic amines) is 1. The Labute approximate surface area is 147 Å². The molecule has 2 bridgehead atoms. The lowest BCUT2D eigenvalue weighted by molar-refractivity contribution is -0.197. The first kappa shape index (κ1) is 15.6. The van der Waals surface area contributed by atoms with E-state index in [-0.39, 0.29) is 6.04 Å². The Morgan fingerprint density at radius 3 is 3.08 bits per heavy atom. The number of aliphatic hydroxyl groups is 1. The minimum Gasteiger partial charge on any atom is -0.493 e. The topological polar surface area (TPSA) is 41.9 Å². The summed E-state index contributed by atoms with van der Waals surface area (Å²) in [6.45, 7) is 5.43. The smallest absolute Gasteiger partial charge is 0.166 e. The van der Waals surface area contributed by atoms with Gasteiger partial charge in [-0.15, -0.1) is 6.58 Å². The van der Waals surface area contributed by atoms with Crippen molar-refractivity contribution in [2.45, 2.75) is 55.0 Å². The maximum absolute atomic E-state index is 15.0. The van der Waals surface area contributed by atoms with E-state index in [1.165, 1.54) is 0 Å². The van der Waals surface area contributed by atoms with Crippen LogP contribution in [0.1, 0.15) is 30.4 Å². The summed E-state index contributed by atoms with van der Waals surface area (Å²) in [6.07, 6.45) is 2.48. The van der Waals surface area contributed by atoms with Gasteiger partial charge in [-0.05, 0) is 43.9 Å². The molecule has 2 fully saturated rings. The predicted molar refractivity (Wildman–Crippen MR) is 92.0 cm³/mol. The first-order valence-corrected chi connectivity index (χ1v) is 9.15. The van der Waals surface area contributed by atoms with Gasteiger partial charge in [-0.3, -0.25) is 4.90 Å². The number of alkyl halides is 1. The fourth-order valence-electron chi connectivity index (χ4n) is 6.10. The van der Waals surface area contributed by atoms with Crippen molar-refractivity contribution in [2.24, 2.45) is 0 Å². The van der Waals surface area contributed by atoms with Crippen molar-refractivity contribution in [3.05, 3.63) is 35.9 Å². The average Bonchev–Trinajstić information content (AvgIpc) is 2.96. The zero-order valence-electron chi connectivity index (χ0n) is 14.5. The van der Waals surface area contributed by atoms with Crippen LogP contribution in [0.2, 0.25) is 0 Å². The summed E-state index contributed by atoms with van der Waals surface area (Å²) < 4.78 is 26.6. The van der Waals surface area contributed by atoms with Crippen LogP contribution in [0.4, 0.5) is 4.39 Å². The number of halogens is 1. The number of rotatable bonds is 3. The van der Waals surface area contributed by atoms with Crippen LogP contribution in [0.5, 0.6) is 11.5 Å². The van der Waals surface area contributed by atoms with Gasteiger partial charge in [0.2, 0.25) is 0 Å². The Bertz CT molecular complexity index is 753. The summed E-state index contributed by atoms with van der Waals surface area (Å²) >= 11 is 0. The minimum absolute atomic E-state index is 0.0234. The molecule has 5 rings (SSSR count). The molecule has 1 N–H and O–H groups in total. The standard InChI is InChI=1S/C20H24FNO3/c1-3-9-22-10-8-19-16-12-4-5-14(24-2)17(16)25-18(19)13(21)6-7-20(19,23)15(22)11-12/h3-5,13,15,18,23H,1,6-11H2,2H3/t13?,15-,18+,19+,20-/m0/s1. The van der Waals surface area contributed by atoms with E-state index >= 15 is 0 Å². The molecule has 2 aliphatic carbocycles. The summed E-state index contributed by atoms with van der Waals surface area (Å²) in [6, 6.07) is 3.95. The van der Waals surface area contributed by atoms with Crippen molar-refractivity contribution in [3.8, 4) is 11.5 Å². The van der Waals surface area contributed by atoms with Gasteiger partial charge < -0.3 is 14.6 Å². The third kappa shape index (κ3) is 1.64. The number of ether oxygens (including phenoxy) is 2. The van der Waals surface area contributed by atoms with E-state index in [4.69, 9.17) is 9.47 Å². The molecule has 5 heteroatoms. The predicted octanol–water partition coefficient (Wildman–Crippen LogP) is 2.37. The summed E-state index contributed by atoms with van der Waals surface area (Å²) in [7, 11) is 1.61. The summed E-state index contributed by atoms with van der Waals surface area (Å²) in [5.41, 5.74) is 0.545. The maximum atomic E-state index is 15.0. The van der Waals surface area contributed by atoms with E-state index in [1.807, 2.05) is 12.1 Å². The van der Waals surface area contributed by atoms with E-state index < -0.39 is 23.3 Å². The third-order valence-electron chi connectivity index (χ3n) is 7.07. The molecule has 1 saturated heterocycles. The normalized spacial score (nSPS) is 41.0. The Morgan fingerprint density at radius 2 is 2.32 bits per heavy atom. The second-order valence-electron chi connectivity index (χ2n) is 7.87. The van der Waals surface area contributed by atoms with Crippen LogP contribution in [0.15, 0.2) is 24.8 Å². The van der Waals surface area contributed by atoms with Crippen LogP contribution in [0, 0.1) is 0 Å². The number of methoxy groups -OCH3 is 1. The lowest BCUT2D eigenvalue weighted by atomic mass is 9.49. The largest absolute Gasteiger partial charge is 0.493 e. The quantitative estimate of drug-likeness (QED) is 0.854. The van der Waals surface area contributed by atoms with Gasteiger partial charge in [0.05, 0.1) is 18.1 Å². The summed E-state index contributed by atoms with van der Waals surface area (Å²) in [4.78, 5) is 2.30. The van der Waals surface area contributed by atoms with E-state index in [0.717, 1.165) is 30.6 Å². The molecule has 0 aromatic heterocycles. The highest BCUT2D eigenvalue weighted by Crippen LogP contribution is 2.65. The van der Waals surface area contributed by atoms with Crippen molar-refractivity contribution in [3.63, 3.8) is 0 Å². The number of nitrogens with zero attached hydrogens (tertiary/aromatic N) is 1. The molecule has 1 unspecified atom stereocenters. The Kier molecular flexibility index (Phi) is 3.12. The van der Waals surface area contributed by atoms with Crippen molar-refractivity contribution in [2.75, 3.05) is 20.2 Å². The van der Waals surface area contributed by atoms with E-state index in [1.54, 1.807) is 7.11 Å². The van der Waals surface area contributed by atoms with E-state index in [0.29, 0.717) is 30.8 Å². The number of benzene rings is 1. The molecule has 2 heterocycles. The molecule has 4 nitrogen and oxygen atoms in total. The highest BCUT2D eigenvalue weighted by atomic mass is 19.1. The van der Waals surface area contributed by atoms with Gasteiger partial charge in [0.15, 0.2) is 11.5 Å². The fraction of sp³-hybridized carbons (Fsp3) is 0.600. The van der Waals surface area contributed by atoms with Crippen LogP contribution >= 0.6 is 0 Å². The van der Waals surface area contributed by atoms with Gasteiger partial charge in [0.25, 0.3) is 0 Å². The van der Waals surface area contributed by atoms with E-state index in [9.17, 15) is 9.50 Å². The average molecular weight is 345 g/mol. The van der Waals surface area contributed by atoms with Crippen LogP contribution < -0.4 is 9.47 Å². The molecule has 134 valence electrons. The highest BCUT2D eigenvalue weighted by Gasteiger charge is 2.73. The SMILES string of the molecule is C=CCN1CC[C@@]23c4c5ccc(OC)c4O[C@@H]2C(F)CC[C@]3(O)[C@@H]1C5. The molecule has 0 radical (unpaired) electrons. The Hall–Kier alpha value is -1.59. The second kappa shape index (κ2) is 4.98. The van der Waals surface area contributed by atoms with Crippen LogP contribution in [0.25, 0.3) is 0 Å². The zero-order valence-corrected chi connectivity index (χ0v) is 14.5. The Morgan fingerprint density at radius 1 is 1.48 bits per heavy atom. The van der Waals surface area contributed by atoms with Gasteiger partial charge in [-0.25, -0.2) is 4.39 Å². The molecular formula is C20H24FNO3. The van der Waals surface area contributed by atoms with Gasteiger partial charge in [0, 0.05) is 18.2 Å². The van der Waals surface area contributed by atoms with Gasteiger partial charge in [0.1, 0.15) is 12.3 Å². The molecule has 1 aromatic rings. The molecule has 2 aliphatic heterocycles. The van der Waals surface area contributed by atoms with Gasteiger partial charge in [-0.2, -0.15) is 0 Å². The van der Waals surface area contributed by atoms with E-state index in [2.05, 4.69) is 17.5 Å². The first-order chi connectivity index (χ1) is 12.1. The Balaban J connectivity index is 1.77. The van der Waals surface area contributed by atoms with Crippen LogP contribution in [-0.4, -0.2) is 54.1 Å².